The van der Waals surface area contributed by atoms with Crippen LogP contribution in [0, 0.1) is 0 Å². The Morgan fingerprint density at radius 2 is 2.24 bits per heavy atom. The van der Waals surface area contributed by atoms with Crippen molar-refractivity contribution in [2.24, 2.45) is 0 Å². The molecule has 0 radical (unpaired) electrons. The summed E-state index contributed by atoms with van der Waals surface area (Å²) in [6.07, 6.45) is 1.08. The molecule has 92 valence electrons. The zero-order valence-corrected chi connectivity index (χ0v) is 12.0. The maximum absolute atomic E-state index is 4.60. The van der Waals surface area contributed by atoms with Crippen LogP contribution in [0.25, 0.3) is 10.2 Å². The van der Waals surface area contributed by atoms with Crippen molar-refractivity contribution in [1.29, 1.82) is 0 Å². The Morgan fingerprint density at radius 1 is 1.41 bits per heavy atom. The fourth-order valence-electron chi connectivity index (χ4n) is 1.46. The molecule has 0 saturated heterocycles. The first kappa shape index (κ1) is 12.6. The second-order valence-electron chi connectivity index (χ2n) is 4.09. The van der Waals surface area contributed by atoms with Gasteiger partial charge in [0.2, 0.25) is 5.95 Å². The van der Waals surface area contributed by atoms with Gasteiger partial charge in [-0.3, -0.25) is 0 Å². The molecule has 2 aromatic rings. The normalized spacial score (nSPS) is 11.3. The summed E-state index contributed by atoms with van der Waals surface area (Å²) in [6, 6.07) is 2.11. The molecule has 0 aromatic carbocycles. The van der Waals surface area contributed by atoms with E-state index in [-0.39, 0.29) is 0 Å². The molecule has 2 heterocycles. The van der Waals surface area contributed by atoms with Crippen LogP contribution in [0.3, 0.4) is 0 Å². The molecule has 0 atom stereocenters. The fraction of sp³-hybridized carbons (Fsp3) is 0.500. The minimum absolute atomic E-state index is 0.534. The van der Waals surface area contributed by atoms with Crippen LogP contribution < -0.4 is 5.32 Å². The van der Waals surface area contributed by atoms with Gasteiger partial charge in [-0.15, -0.1) is 23.1 Å². The largest absolute Gasteiger partial charge is 0.354 e. The molecule has 0 spiro atoms. The summed E-state index contributed by atoms with van der Waals surface area (Å²) in [6.45, 7) is 7.43. The van der Waals surface area contributed by atoms with Gasteiger partial charge in [0.25, 0.3) is 0 Å². The Labute approximate surface area is 110 Å². The summed E-state index contributed by atoms with van der Waals surface area (Å²) in [5.41, 5.74) is 0. The SMILES string of the molecule is CCCNc1nc(SC(C)C)c2ccsc2n1. The Balaban J connectivity index is 2.36. The quantitative estimate of drug-likeness (QED) is 0.656. The van der Waals surface area contributed by atoms with Gasteiger partial charge in [-0.05, 0) is 17.9 Å². The molecule has 2 rings (SSSR count). The molecule has 2 aromatic heterocycles. The number of fused-ring (bicyclic) bond motifs is 1. The van der Waals surface area contributed by atoms with E-state index in [0.717, 1.165) is 28.8 Å². The predicted molar refractivity (Wildman–Crippen MR) is 77.2 cm³/mol. The minimum Gasteiger partial charge on any atom is -0.354 e. The van der Waals surface area contributed by atoms with Crippen LogP contribution in [-0.4, -0.2) is 21.8 Å². The average Bonchev–Trinajstić information content (AvgIpc) is 2.73. The van der Waals surface area contributed by atoms with Crippen molar-refractivity contribution < 1.29 is 0 Å². The number of hydrogen-bond acceptors (Lipinski definition) is 5. The molecule has 1 N–H and O–H groups in total. The van der Waals surface area contributed by atoms with Crippen molar-refractivity contribution in [2.45, 2.75) is 37.5 Å². The highest BCUT2D eigenvalue weighted by atomic mass is 32.2. The third-order valence-corrected chi connectivity index (χ3v) is 3.98. The molecule has 0 aliphatic heterocycles. The lowest BCUT2D eigenvalue weighted by atomic mass is 10.4. The van der Waals surface area contributed by atoms with Crippen molar-refractivity contribution in [3.63, 3.8) is 0 Å². The highest BCUT2D eigenvalue weighted by Crippen LogP contribution is 2.31. The number of rotatable bonds is 5. The maximum atomic E-state index is 4.60. The van der Waals surface area contributed by atoms with E-state index >= 15 is 0 Å². The molecule has 0 aliphatic carbocycles. The highest BCUT2D eigenvalue weighted by molar-refractivity contribution is 8.00. The summed E-state index contributed by atoms with van der Waals surface area (Å²) in [5.74, 6) is 0.755. The molecule has 0 amide bonds. The summed E-state index contributed by atoms with van der Waals surface area (Å²) in [4.78, 5) is 10.2. The molecule has 0 aliphatic rings. The van der Waals surface area contributed by atoms with Crippen molar-refractivity contribution in [2.75, 3.05) is 11.9 Å². The van der Waals surface area contributed by atoms with Crippen LogP contribution in [0.1, 0.15) is 27.2 Å². The Hall–Kier alpha value is -0.810. The Kier molecular flexibility index (Phi) is 4.23. The molecule has 17 heavy (non-hydrogen) atoms. The van der Waals surface area contributed by atoms with Gasteiger partial charge in [-0.25, -0.2) is 9.97 Å². The first-order chi connectivity index (χ1) is 8.20. The maximum Gasteiger partial charge on any atom is 0.225 e. The van der Waals surface area contributed by atoms with Crippen LogP contribution in [0.2, 0.25) is 0 Å². The molecular weight excluding hydrogens is 250 g/mol. The smallest absolute Gasteiger partial charge is 0.225 e. The van der Waals surface area contributed by atoms with Crippen LogP contribution in [-0.2, 0) is 0 Å². The third kappa shape index (κ3) is 3.10. The van der Waals surface area contributed by atoms with Gasteiger partial charge in [0, 0.05) is 17.2 Å². The molecule has 0 unspecified atom stereocenters. The number of anilines is 1. The fourth-order valence-corrected chi connectivity index (χ4v) is 3.16. The Morgan fingerprint density at radius 3 is 2.94 bits per heavy atom. The lowest BCUT2D eigenvalue weighted by molar-refractivity contribution is 0.945. The van der Waals surface area contributed by atoms with Gasteiger partial charge in [-0.1, -0.05) is 20.8 Å². The summed E-state index contributed by atoms with van der Waals surface area (Å²) >= 11 is 3.47. The summed E-state index contributed by atoms with van der Waals surface area (Å²) in [7, 11) is 0. The molecule has 5 heteroatoms. The standard InChI is InChI=1S/C12H17N3S2/c1-4-6-13-12-14-10-9(5-7-16-10)11(15-12)17-8(2)3/h5,7-8H,4,6H2,1-3H3,(H,13,14,15). The van der Waals surface area contributed by atoms with Crippen molar-refractivity contribution in [1.82, 2.24) is 9.97 Å². The van der Waals surface area contributed by atoms with Gasteiger partial charge < -0.3 is 5.32 Å². The van der Waals surface area contributed by atoms with E-state index in [1.54, 1.807) is 23.1 Å². The summed E-state index contributed by atoms with van der Waals surface area (Å²) < 4.78 is 0. The van der Waals surface area contributed by atoms with E-state index in [1.807, 2.05) is 0 Å². The van der Waals surface area contributed by atoms with E-state index in [9.17, 15) is 0 Å². The number of nitrogens with zero attached hydrogens (tertiary/aromatic N) is 2. The van der Waals surface area contributed by atoms with Crippen molar-refractivity contribution in [3.05, 3.63) is 11.4 Å². The molecule has 0 bridgehead atoms. The highest BCUT2D eigenvalue weighted by Gasteiger charge is 2.10. The van der Waals surface area contributed by atoms with E-state index in [1.165, 1.54) is 5.39 Å². The third-order valence-electron chi connectivity index (χ3n) is 2.17. The number of hydrogen-bond donors (Lipinski definition) is 1. The second-order valence-corrected chi connectivity index (χ2v) is 6.54. The Bertz CT molecular complexity index is 493. The monoisotopic (exact) mass is 267 g/mol. The molecule has 3 nitrogen and oxygen atoms in total. The van der Waals surface area contributed by atoms with Crippen LogP contribution in [0.15, 0.2) is 16.5 Å². The molecule has 0 saturated carbocycles. The van der Waals surface area contributed by atoms with Crippen molar-refractivity contribution >= 4 is 39.3 Å². The van der Waals surface area contributed by atoms with Gasteiger partial charge in [0.1, 0.15) is 9.86 Å². The second kappa shape index (κ2) is 5.69. The van der Waals surface area contributed by atoms with Gasteiger partial charge >= 0.3 is 0 Å². The van der Waals surface area contributed by atoms with Crippen molar-refractivity contribution in [3.8, 4) is 0 Å². The van der Waals surface area contributed by atoms with Crippen LogP contribution in [0.4, 0.5) is 5.95 Å². The first-order valence-electron chi connectivity index (χ1n) is 5.86. The first-order valence-corrected chi connectivity index (χ1v) is 7.62. The van der Waals surface area contributed by atoms with Gasteiger partial charge in [0.05, 0.1) is 0 Å². The van der Waals surface area contributed by atoms with Crippen LogP contribution in [0.5, 0.6) is 0 Å². The van der Waals surface area contributed by atoms with E-state index < -0.39 is 0 Å². The minimum atomic E-state index is 0.534. The van der Waals surface area contributed by atoms with E-state index in [2.05, 4.69) is 47.5 Å². The number of thioether (sulfide) groups is 1. The number of aromatic nitrogens is 2. The van der Waals surface area contributed by atoms with E-state index in [0.29, 0.717) is 5.25 Å². The lowest BCUT2D eigenvalue weighted by Gasteiger charge is -2.08. The molecular formula is C12H17N3S2. The van der Waals surface area contributed by atoms with Gasteiger partial charge in [-0.2, -0.15) is 0 Å². The average molecular weight is 267 g/mol. The number of thiophene rings is 1. The predicted octanol–water partition coefficient (Wildman–Crippen LogP) is 4.01. The zero-order valence-electron chi connectivity index (χ0n) is 10.4. The van der Waals surface area contributed by atoms with Gasteiger partial charge in [0.15, 0.2) is 0 Å². The van der Waals surface area contributed by atoms with Crippen LogP contribution >= 0.6 is 23.1 Å². The topological polar surface area (TPSA) is 37.8 Å². The summed E-state index contributed by atoms with van der Waals surface area (Å²) in [5, 5.41) is 8.14. The number of nitrogens with one attached hydrogen (secondary N) is 1. The zero-order chi connectivity index (χ0) is 12.3. The van der Waals surface area contributed by atoms with E-state index in [4.69, 9.17) is 0 Å². The molecule has 0 fully saturated rings. The lowest BCUT2D eigenvalue weighted by Crippen LogP contribution is -2.05.